The Hall–Kier alpha value is -3.28. The number of nitrogens with one attached hydrogen (secondary N) is 2. The molecular formula is C16H12N4O2. The van der Waals surface area contributed by atoms with Gasteiger partial charge < -0.3 is 5.32 Å². The van der Waals surface area contributed by atoms with E-state index in [1.807, 2.05) is 6.07 Å². The second kappa shape index (κ2) is 6.01. The first kappa shape index (κ1) is 13.7. The molecule has 3 amide bonds. The first-order chi connectivity index (χ1) is 10.7. The van der Waals surface area contributed by atoms with Gasteiger partial charge in [0.05, 0.1) is 5.52 Å². The molecule has 0 radical (unpaired) electrons. The highest BCUT2D eigenvalue weighted by atomic mass is 16.2. The average molecular weight is 292 g/mol. The molecule has 0 fully saturated rings. The van der Waals surface area contributed by atoms with Crippen LogP contribution in [0, 0.1) is 0 Å². The third kappa shape index (κ3) is 3.06. The average Bonchev–Trinajstić information content (AvgIpc) is 2.55. The molecule has 6 heteroatoms. The SMILES string of the molecule is O=C(NC(=O)c1ccc2ncccc2c1)Nc1ccncc1. The largest absolute Gasteiger partial charge is 0.326 e. The summed E-state index contributed by atoms with van der Waals surface area (Å²) in [4.78, 5) is 31.9. The molecule has 0 saturated carbocycles. The highest BCUT2D eigenvalue weighted by Crippen LogP contribution is 2.13. The Labute approximate surface area is 126 Å². The number of nitrogens with zero attached hydrogens (tertiary/aromatic N) is 2. The van der Waals surface area contributed by atoms with Gasteiger partial charge in [-0.1, -0.05) is 6.07 Å². The number of fused-ring (bicyclic) bond motifs is 1. The molecule has 2 heterocycles. The van der Waals surface area contributed by atoms with Crippen LogP contribution in [0.15, 0.2) is 61.1 Å². The van der Waals surface area contributed by atoms with E-state index < -0.39 is 11.9 Å². The van der Waals surface area contributed by atoms with Crippen LogP contribution < -0.4 is 10.6 Å². The molecule has 0 bridgehead atoms. The van der Waals surface area contributed by atoms with Crippen molar-refractivity contribution in [1.82, 2.24) is 15.3 Å². The van der Waals surface area contributed by atoms with E-state index in [4.69, 9.17) is 0 Å². The molecule has 0 saturated heterocycles. The fourth-order valence-electron chi connectivity index (χ4n) is 1.99. The number of rotatable bonds is 2. The van der Waals surface area contributed by atoms with Crippen molar-refractivity contribution in [3.8, 4) is 0 Å². The molecule has 0 aliphatic heterocycles. The summed E-state index contributed by atoms with van der Waals surface area (Å²) < 4.78 is 0. The van der Waals surface area contributed by atoms with Gasteiger partial charge in [0, 0.05) is 35.2 Å². The van der Waals surface area contributed by atoms with Gasteiger partial charge in [-0.15, -0.1) is 0 Å². The number of imide groups is 1. The zero-order valence-electron chi connectivity index (χ0n) is 11.5. The molecule has 0 aliphatic carbocycles. The smallest absolute Gasteiger partial charge is 0.308 e. The summed E-state index contributed by atoms with van der Waals surface area (Å²) in [5.74, 6) is -0.475. The minimum absolute atomic E-state index is 0.394. The highest BCUT2D eigenvalue weighted by molar-refractivity contribution is 6.09. The number of anilines is 1. The third-order valence-electron chi connectivity index (χ3n) is 3.03. The predicted octanol–water partition coefficient (Wildman–Crippen LogP) is 2.59. The number of carbonyl (C=O) groups is 2. The zero-order chi connectivity index (χ0) is 15.4. The Bertz CT molecular complexity index is 834. The standard InChI is InChI=1S/C16H12N4O2/c21-15(20-16(22)19-13-5-8-17-9-6-13)12-3-4-14-11(10-12)2-1-7-18-14/h1-10H,(H2,17,19,20,21,22). The Balaban J connectivity index is 1.71. The quantitative estimate of drug-likeness (QED) is 0.760. The normalized spacial score (nSPS) is 10.2. The Morgan fingerprint density at radius 2 is 1.77 bits per heavy atom. The second-order valence-electron chi connectivity index (χ2n) is 4.56. The molecule has 2 aromatic heterocycles. The van der Waals surface area contributed by atoms with Crippen LogP contribution in [0.4, 0.5) is 10.5 Å². The number of amides is 3. The second-order valence-corrected chi connectivity index (χ2v) is 4.56. The molecule has 0 aliphatic rings. The predicted molar refractivity (Wildman–Crippen MR) is 82.5 cm³/mol. The summed E-state index contributed by atoms with van der Waals surface area (Å²) in [5, 5.41) is 5.67. The summed E-state index contributed by atoms with van der Waals surface area (Å²) in [7, 11) is 0. The van der Waals surface area contributed by atoms with Gasteiger partial charge in [-0.25, -0.2) is 4.79 Å². The first-order valence-electron chi connectivity index (χ1n) is 6.59. The minimum atomic E-state index is -0.595. The molecule has 108 valence electrons. The lowest BCUT2D eigenvalue weighted by Gasteiger charge is -2.07. The van der Waals surface area contributed by atoms with Crippen molar-refractivity contribution in [2.75, 3.05) is 5.32 Å². The molecule has 2 N–H and O–H groups in total. The number of hydrogen-bond donors (Lipinski definition) is 2. The van der Waals surface area contributed by atoms with Gasteiger partial charge in [0.15, 0.2) is 0 Å². The first-order valence-corrected chi connectivity index (χ1v) is 6.59. The van der Waals surface area contributed by atoms with Crippen molar-refractivity contribution in [2.45, 2.75) is 0 Å². The van der Waals surface area contributed by atoms with Crippen LogP contribution in [0.2, 0.25) is 0 Å². The van der Waals surface area contributed by atoms with Crippen molar-refractivity contribution in [1.29, 1.82) is 0 Å². The third-order valence-corrected chi connectivity index (χ3v) is 3.03. The van der Waals surface area contributed by atoms with Gasteiger partial charge in [0.2, 0.25) is 0 Å². The van der Waals surface area contributed by atoms with Crippen molar-refractivity contribution in [3.63, 3.8) is 0 Å². The fraction of sp³-hybridized carbons (Fsp3) is 0. The van der Waals surface area contributed by atoms with Crippen molar-refractivity contribution in [2.24, 2.45) is 0 Å². The van der Waals surface area contributed by atoms with Gasteiger partial charge >= 0.3 is 6.03 Å². The van der Waals surface area contributed by atoms with Crippen LogP contribution in [0.1, 0.15) is 10.4 Å². The summed E-state index contributed by atoms with van der Waals surface area (Å²) in [5.41, 5.74) is 1.74. The highest BCUT2D eigenvalue weighted by Gasteiger charge is 2.11. The molecule has 0 atom stereocenters. The lowest BCUT2D eigenvalue weighted by Crippen LogP contribution is -2.34. The maximum Gasteiger partial charge on any atom is 0.326 e. The monoisotopic (exact) mass is 292 g/mol. The number of pyridine rings is 2. The number of aromatic nitrogens is 2. The lowest BCUT2D eigenvalue weighted by molar-refractivity contribution is 0.0967. The van der Waals surface area contributed by atoms with Gasteiger partial charge in [-0.05, 0) is 36.4 Å². The topological polar surface area (TPSA) is 84.0 Å². The maximum atomic E-state index is 12.1. The molecule has 1 aromatic carbocycles. The Morgan fingerprint density at radius 1 is 0.955 bits per heavy atom. The lowest BCUT2D eigenvalue weighted by atomic mass is 10.1. The van der Waals surface area contributed by atoms with E-state index in [-0.39, 0.29) is 0 Å². The van der Waals surface area contributed by atoms with Crippen LogP contribution in [0.5, 0.6) is 0 Å². The maximum absolute atomic E-state index is 12.1. The van der Waals surface area contributed by atoms with Gasteiger partial charge in [0.1, 0.15) is 0 Å². The molecule has 6 nitrogen and oxygen atoms in total. The van der Waals surface area contributed by atoms with Crippen LogP contribution in [-0.2, 0) is 0 Å². The number of urea groups is 1. The summed E-state index contributed by atoms with van der Waals surface area (Å²) in [6, 6.07) is 11.4. The van der Waals surface area contributed by atoms with Crippen molar-refractivity contribution >= 4 is 28.5 Å². The number of hydrogen-bond acceptors (Lipinski definition) is 4. The number of benzene rings is 1. The van der Waals surface area contributed by atoms with Crippen LogP contribution in [-0.4, -0.2) is 21.9 Å². The molecule has 0 unspecified atom stereocenters. The Morgan fingerprint density at radius 3 is 2.59 bits per heavy atom. The molecule has 0 spiro atoms. The van der Waals surface area contributed by atoms with E-state index in [9.17, 15) is 9.59 Å². The van der Waals surface area contributed by atoms with Gasteiger partial charge in [0.25, 0.3) is 5.91 Å². The minimum Gasteiger partial charge on any atom is -0.308 e. The molecule has 22 heavy (non-hydrogen) atoms. The summed E-state index contributed by atoms with van der Waals surface area (Å²) in [6.07, 6.45) is 4.78. The van der Waals surface area contributed by atoms with E-state index in [0.29, 0.717) is 11.3 Å². The van der Waals surface area contributed by atoms with Gasteiger partial charge in [-0.3, -0.25) is 20.1 Å². The molecule has 3 rings (SSSR count). The van der Waals surface area contributed by atoms with E-state index in [0.717, 1.165) is 10.9 Å². The molecule has 3 aromatic rings. The van der Waals surface area contributed by atoms with E-state index in [1.54, 1.807) is 55.0 Å². The number of carbonyl (C=O) groups excluding carboxylic acids is 2. The van der Waals surface area contributed by atoms with Crippen LogP contribution in [0.3, 0.4) is 0 Å². The van der Waals surface area contributed by atoms with Gasteiger partial charge in [-0.2, -0.15) is 0 Å². The van der Waals surface area contributed by atoms with Crippen LogP contribution >= 0.6 is 0 Å². The van der Waals surface area contributed by atoms with Crippen LogP contribution in [0.25, 0.3) is 10.9 Å². The van der Waals surface area contributed by atoms with Crippen molar-refractivity contribution < 1.29 is 9.59 Å². The van der Waals surface area contributed by atoms with E-state index in [1.165, 1.54) is 0 Å². The fourth-order valence-corrected chi connectivity index (χ4v) is 1.99. The summed E-state index contributed by atoms with van der Waals surface area (Å²) in [6.45, 7) is 0. The van der Waals surface area contributed by atoms with E-state index >= 15 is 0 Å². The zero-order valence-corrected chi connectivity index (χ0v) is 11.5. The molecular weight excluding hydrogens is 280 g/mol. The Kier molecular flexibility index (Phi) is 3.74. The van der Waals surface area contributed by atoms with Crippen molar-refractivity contribution in [3.05, 3.63) is 66.6 Å². The summed E-state index contributed by atoms with van der Waals surface area (Å²) >= 11 is 0. The van der Waals surface area contributed by atoms with E-state index in [2.05, 4.69) is 20.6 Å².